The van der Waals surface area contributed by atoms with E-state index in [9.17, 15) is 5.11 Å². The molecule has 0 saturated carbocycles. The maximum atomic E-state index is 9.77. The summed E-state index contributed by atoms with van der Waals surface area (Å²) in [6.45, 7) is 1.69. The van der Waals surface area contributed by atoms with Gasteiger partial charge in [-0.05, 0) is 43.3 Å². The number of nitrogens with two attached hydrogens (primary N) is 2. The zero-order chi connectivity index (χ0) is 13.1. The molecule has 0 radical (unpaired) electrons. The molecule has 94 valence electrons. The van der Waals surface area contributed by atoms with Crippen molar-refractivity contribution in [1.29, 1.82) is 0 Å². The van der Waals surface area contributed by atoms with Gasteiger partial charge in [-0.15, -0.1) is 0 Å². The smallest absolute Gasteiger partial charge is 0.0802 e. The summed E-state index contributed by atoms with van der Waals surface area (Å²) in [5.74, 6) is 0. The SMILES string of the molecule is CC(O)c1c(N)cccc1Nc1ccc(N)cc1. The van der Waals surface area contributed by atoms with Gasteiger partial charge in [0, 0.05) is 28.3 Å². The fourth-order valence-corrected chi connectivity index (χ4v) is 1.88. The molecule has 2 rings (SSSR count). The second-order valence-corrected chi connectivity index (χ2v) is 4.23. The van der Waals surface area contributed by atoms with E-state index in [4.69, 9.17) is 11.5 Å². The van der Waals surface area contributed by atoms with Crippen LogP contribution in [0.15, 0.2) is 42.5 Å². The standard InChI is InChI=1S/C14H17N3O/c1-9(18)14-12(16)3-2-4-13(14)17-11-7-5-10(15)6-8-11/h2-9,17-18H,15-16H2,1H3. The van der Waals surface area contributed by atoms with Crippen molar-refractivity contribution in [3.05, 3.63) is 48.0 Å². The Morgan fingerprint density at radius 3 is 2.33 bits per heavy atom. The summed E-state index contributed by atoms with van der Waals surface area (Å²) in [5.41, 5.74) is 15.2. The maximum absolute atomic E-state index is 9.77. The van der Waals surface area contributed by atoms with Crippen molar-refractivity contribution in [2.45, 2.75) is 13.0 Å². The molecule has 0 aliphatic heterocycles. The molecule has 0 amide bonds. The van der Waals surface area contributed by atoms with Crippen LogP contribution in [0.5, 0.6) is 0 Å². The Morgan fingerprint density at radius 2 is 1.72 bits per heavy atom. The average molecular weight is 243 g/mol. The fourth-order valence-electron chi connectivity index (χ4n) is 1.88. The van der Waals surface area contributed by atoms with E-state index >= 15 is 0 Å². The minimum Gasteiger partial charge on any atom is -0.399 e. The van der Waals surface area contributed by atoms with E-state index in [1.807, 2.05) is 36.4 Å². The Morgan fingerprint density at radius 1 is 1.06 bits per heavy atom. The summed E-state index contributed by atoms with van der Waals surface area (Å²) >= 11 is 0. The molecule has 1 unspecified atom stereocenters. The number of nitrogens with one attached hydrogen (secondary N) is 1. The molecule has 18 heavy (non-hydrogen) atoms. The number of hydrogen-bond acceptors (Lipinski definition) is 4. The van der Waals surface area contributed by atoms with Crippen LogP contribution in [0.25, 0.3) is 0 Å². The van der Waals surface area contributed by atoms with Crippen LogP contribution in [0.4, 0.5) is 22.7 Å². The largest absolute Gasteiger partial charge is 0.399 e. The van der Waals surface area contributed by atoms with Gasteiger partial charge >= 0.3 is 0 Å². The van der Waals surface area contributed by atoms with Crippen LogP contribution in [0.3, 0.4) is 0 Å². The third-order valence-corrected chi connectivity index (χ3v) is 2.75. The van der Waals surface area contributed by atoms with Crippen molar-refractivity contribution >= 4 is 22.7 Å². The lowest BCUT2D eigenvalue weighted by Gasteiger charge is -2.16. The van der Waals surface area contributed by atoms with Crippen molar-refractivity contribution in [2.24, 2.45) is 0 Å². The number of aliphatic hydroxyl groups excluding tert-OH is 1. The Bertz CT molecular complexity index is 535. The number of nitrogen functional groups attached to an aromatic ring is 2. The molecule has 1 atom stereocenters. The minimum absolute atomic E-state index is 0.574. The maximum Gasteiger partial charge on any atom is 0.0802 e. The van der Waals surface area contributed by atoms with Crippen molar-refractivity contribution in [2.75, 3.05) is 16.8 Å². The van der Waals surface area contributed by atoms with E-state index in [1.54, 1.807) is 13.0 Å². The normalized spacial score (nSPS) is 12.1. The summed E-state index contributed by atoms with van der Waals surface area (Å²) in [7, 11) is 0. The van der Waals surface area contributed by atoms with E-state index in [0.29, 0.717) is 16.9 Å². The Balaban J connectivity index is 2.34. The minimum atomic E-state index is -0.623. The van der Waals surface area contributed by atoms with Crippen LogP contribution >= 0.6 is 0 Å². The lowest BCUT2D eigenvalue weighted by molar-refractivity contribution is 0.201. The number of hydrogen-bond donors (Lipinski definition) is 4. The molecule has 0 saturated heterocycles. The highest BCUT2D eigenvalue weighted by Gasteiger charge is 2.11. The average Bonchev–Trinajstić information content (AvgIpc) is 2.32. The highest BCUT2D eigenvalue weighted by atomic mass is 16.3. The van der Waals surface area contributed by atoms with Crippen molar-refractivity contribution < 1.29 is 5.11 Å². The van der Waals surface area contributed by atoms with E-state index < -0.39 is 6.10 Å². The third-order valence-electron chi connectivity index (χ3n) is 2.75. The Labute approximate surface area is 106 Å². The van der Waals surface area contributed by atoms with Gasteiger partial charge in [-0.3, -0.25) is 0 Å². The van der Waals surface area contributed by atoms with Crippen LogP contribution in [0.1, 0.15) is 18.6 Å². The first-order chi connectivity index (χ1) is 8.58. The summed E-state index contributed by atoms with van der Waals surface area (Å²) in [6.07, 6.45) is -0.623. The van der Waals surface area contributed by atoms with Gasteiger partial charge in [0.15, 0.2) is 0 Å². The van der Waals surface area contributed by atoms with Gasteiger partial charge in [0.05, 0.1) is 6.10 Å². The topological polar surface area (TPSA) is 84.3 Å². The highest BCUT2D eigenvalue weighted by Crippen LogP contribution is 2.30. The van der Waals surface area contributed by atoms with Crippen LogP contribution < -0.4 is 16.8 Å². The van der Waals surface area contributed by atoms with Crippen LogP contribution in [-0.2, 0) is 0 Å². The molecular weight excluding hydrogens is 226 g/mol. The van der Waals surface area contributed by atoms with Crippen LogP contribution in [0, 0.1) is 0 Å². The quantitative estimate of drug-likeness (QED) is 0.624. The number of benzene rings is 2. The van der Waals surface area contributed by atoms with Gasteiger partial charge in [0.25, 0.3) is 0 Å². The zero-order valence-corrected chi connectivity index (χ0v) is 10.2. The van der Waals surface area contributed by atoms with E-state index in [0.717, 1.165) is 11.4 Å². The molecule has 2 aromatic rings. The Hall–Kier alpha value is -2.20. The van der Waals surface area contributed by atoms with Gasteiger partial charge in [-0.25, -0.2) is 0 Å². The van der Waals surface area contributed by atoms with Gasteiger partial charge in [0.1, 0.15) is 0 Å². The second kappa shape index (κ2) is 4.98. The molecule has 6 N–H and O–H groups in total. The van der Waals surface area contributed by atoms with Crippen LogP contribution in [0.2, 0.25) is 0 Å². The number of rotatable bonds is 3. The highest BCUT2D eigenvalue weighted by molar-refractivity contribution is 5.70. The van der Waals surface area contributed by atoms with Crippen molar-refractivity contribution in [3.8, 4) is 0 Å². The predicted molar refractivity (Wildman–Crippen MR) is 75.6 cm³/mol. The summed E-state index contributed by atoms with van der Waals surface area (Å²) in [5, 5.41) is 13.0. The summed E-state index contributed by atoms with van der Waals surface area (Å²) < 4.78 is 0. The van der Waals surface area contributed by atoms with Crippen LogP contribution in [-0.4, -0.2) is 5.11 Å². The molecule has 0 aliphatic rings. The zero-order valence-electron chi connectivity index (χ0n) is 10.2. The number of aliphatic hydroxyl groups is 1. The van der Waals surface area contributed by atoms with Gasteiger partial charge in [0.2, 0.25) is 0 Å². The Kier molecular flexibility index (Phi) is 3.39. The summed E-state index contributed by atoms with van der Waals surface area (Å²) in [6, 6.07) is 12.9. The molecular formula is C14H17N3O. The fraction of sp³-hybridized carbons (Fsp3) is 0.143. The first-order valence-corrected chi connectivity index (χ1v) is 5.77. The molecule has 4 nitrogen and oxygen atoms in total. The summed E-state index contributed by atoms with van der Waals surface area (Å²) in [4.78, 5) is 0. The van der Waals surface area contributed by atoms with Gasteiger partial charge in [-0.2, -0.15) is 0 Å². The van der Waals surface area contributed by atoms with Crippen molar-refractivity contribution in [3.63, 3.8) is 0 Å². The lowest BCUT2D eigenvalue weighted by atomic mass is 10.1. The molecule has 0 fully saturated rings. The molecule has 0 spiro atoms. The van der Waals surface area contributed by atoms with Gasteiger partial charge < -0.3 is 21.9 Å². The first-order valence-electron chi connectivity index (χ1n) is 5.77. The van der Waals surface area contributed by atoms with E-state index in [2.05, 4.69) is 5.32 Å². The lowest BCUT2D eigenvalue weighted by Crippen LogP contribution is -2.03. The molecule has 0 bridgehead atoms. The molecule has 0 aliphatic carbocycles. The predicted octanol–water partition coefficient (Wildman–Crippen LogP) is 2.65. The molecule has 0 aromatic heterocycles. The molecule has 0 heterocycles. The third kappa shape index (κ3) is 2.55. The van der Waals surface area contributed by atoms with E-state index in [-0.39, 0.29) is 0 Å². The monoisotopic (exact) mass is 243 g/mol. The van der Waals surface area contributed by atoms with Gasteiger partial charge in [-0.1, -0.05) is 6.07 Å². The molecule has 4 heteroatoms. The second-order valence-electron chi connectivity index (χ2n) is 4.23. The van der Waals surface area contributed by atoms with E-state index in [1.165, 1.54) is 0 Å². The molecule has 2 aromatic carbocycles. The first kappa shape index (κ1) is 12.3. The van der Waals surface area contributed by atoms with Crippen molar-refractivity contribution in [1.82, 2.24) is 0 Å². The number of anilines is 4.